The zero-order valence-corrected chi connectivity index (χ0v) is 16.0. The average molecular weight is 369 g/mol. The third-order valence-corrected chi connectivity index (χ3v) is 4.75. The number of benzene rings is 2. The summed E-state index contributed by atoms with van der Waals surface area (Å²) in [6.45, 7) is 5.04. The standard InChI is InChI=1S/C20H23N3O2S/c1-14(2)10-11-25-17-9-8-15(12-18(17)24-3)13-21-23-20-22-16-6-4-5-7-19(16)26-20/h4-9,12-14H,10-11H2,1-3H3,(H,22,23)/b21-13+. The number of nitrogens with one attached hydrogen (secondary N) is 1. The average Bonchev–Trinajstić information content (AvgIpc) is 3.05. The summed E-state index contributed by atoms with van der Waals surface area (Å²) < 4.78 is 12.4. The normalized spacial score (nSPS) is 11.4. The summed E-state index contributed by atoms with van der Waals surface area (Å²) >= 11 is 1.57. The largest absolute Gasteiger partial charge is 0.493 e. The molecule has 0 aliphatic heterocycles. The molecule has 0 saturated carbocycles. The molecule has 0 spiro atoms. The number of thiazole rings is 1. The molecule has 1 N–H and O–H groups in total. The molecule has 3 aromatic rings. The van der Waals surface area contributed by atoms with Gasteiger partial charge in [-0.05, 0) is 48.2 Å². The maximum Gasteiger partial charge on any atom is 0.204 e. The fraction of sp³-hybridized carbons (Fsp3) is 0.300. The van der Waals surface area contributed by atoms with Gasteiger partial charge in [0.1, 0.15) is 0 Å². The molecule has 0 aliphatic rings. The highest BCUT2D eigenvalue weighted by atomic mass is 32.1. The predicted molar refractivity (Wildman–Crippen MR) is 109 cm³/mol. The van der Waals surface area contributed by atoms with E-state index in [4.69, 9.17) is 9.47 Å². The molecule has 136 valence electrons. The van der Waals surface area contributed by atoms with Crippen LogP contribution in [0.1, 0.15) is 25.8 Å². The Bertz CT molecular complexity index is 857. The maximum absolute atomic E-state index is 5.81. The third kappa shape index (κ3) is 4.73. The molecule has 0 amide bonds. The lowest BCUT2D eigenvalue weighted by molar-refractivity contribution is 0.273. The van der Waals surface area contributed by atoms with Gasteiger partial charge < -0.3 is 9.47 Å². The van der Waals surface area contributed by atoms with E-state index >= 15 is 0 Å². The van der Waals surface area contributed by atoms with Crippen LogP contribution in [0.4, 0.5) is 5.13 Å². The predicted octanol–water partition coefficient (Wildman–Crippen LogP) is 5.18. The Labute approximate surface area is 157 Å². The molecule has 0 atom stereocenters. The van der Waals surface area contributed by atoms with Gasteiger partial charge >= 0.3 is 0 Å². The lowest BCUT2D eigenvalue weighted by atomic mass is 10.1. The second kappa shape index (κ2) is 8.67. The summed E-state index contributed by atoms with van der Waals surface area (Å²) in [7, 11) is 1.64. The molecule has 0 radical (unpaired) electrons. The number of hydrogen-bond acceptors (Lipinski definition) is 6. The van der Waals surface area contributed by atoms with Crippen molar-refractivity contribution >= 4 is 32.9 Å². The zero-order valence-electron chi connectivity index (χ0n) is 15.2. The molecule has 0 saturated heterocycles. The van der Waals surface area contributed by atoms with Crippen LogP contribution in [-0.4, -0.2) is 24.9 Å². The summed E-state index contributed by atoms with van der Waals surface area (Å²) in [5.74, 6) is 2.07. The minimum Gasteiger partial charge on any atom is -0.493 e. The van der Waals surface area contributed by atoms with Crippen molar-refractivity contribution in [1.82, 2.24) is 4.98 Å². The second-order valence-electron chi connectivity index (χ2n) is 6.30. The van der Waals surface area contributed by atoms with E-state index in [0.717, 1.165) is 33.1 Å². The number of ether oxygens (including phenoxy) is 2. The van der Waals surface area contributed by atoms with Crippen molar-refractivity contribution in [2.24, 2.45) is 11.0 Å². The van der Waals surface area contributed by atoms with Gasteiger partial charge in [-0.15, -0.1) is 0 Å². The number of fused-ring (bicyclic) bond motifs is 1. The van der Waals surface area contributed by atoms with Crippen LogP contribution in [0.5, 0.6) is 11.5 Å². The molecule has 26 heavy (non-hydrogen) atoms. The Morgan fingerprint density at radius 1 is 1.19 bits per heavy atom. The van der Waals surface area contributed by atoms with E-state index in [0.29, 0.717) is 18.3 Å². The minimum absolute atomic E-state index is 0.612. The van der Waals surface area contributed by atoms with E-state index in [-0.39, 0.29) is 0 Å². The van der Waals surface area contributed by atoms with Gasteiger partial charge in [-0.25, -0.2) is 4.98 Å². The van der Waals surface area contributed by atoms with Gasteiger partial charge in [0.15, 0.2) is 11.5 Å². The third-order valence-electron chi connectivity index (χ3n) is 3.81. The molecule has 6 heteroatoms. The quantitative estimate of drug-likeness (QED) is 0.439. The molecule has 2 aromatic carbocycles. The molecule has 3 rings (SSSR count). The highest BCUT2D eigenvalue weighted by molar-refractivity contribution is 7.22. The number of hydrazone groups is 1. The van der Waals surface area contributed by atoms with Crippen molar-refractivity contribution in [2.45, 2.75) is 20.3 Å². The van der Waals surface area contributed by atoms with Gasteiger partial charge in [-0.1, -0.05) is 37.3 Å². The Morgan fingerprint density at radius 3 is 2.81 bits per heavy atom. The zero-order chi connectivity index (χ0) is 18.4. The van der Waals surface area contributed by atoms with Crippen molar-refractivity contribution in [3.63, 3.8) is 0 Å². The van der Waals surface area contributed by atoms with Crippen LogP contribution < -0.4 is 14.9 Å². The monoisotopic (exact) mass is 369 g/mol. The SMILES string of the molecule is COc1cc(/C=N/Nc2nc3ccccc3s2)ccc1OCCC(C)C. The first-order valence-corrected chi connectivity index (χ1v) is 9.43. The maximum atomic E-state index is 5.81. The van der Waals surface area contributed by atoms with E-state index < -0.39 is 0 Å². The van der Waals surface area contributed by atoms with Gasteiger partial charge in [0.2, 0.25) is 5.13 Å². The van der Waals surface area contributed by atoms with Crippen LogP contribution in [0.3, 0.4) is 0 Å². The smallest absolute Gasteiger partial charge is 0.204 e. The molecule has 0 aliphatic carbocycles. The summed E-state index contributed by atoms with van der Waals surface area (Å²) in [4.78, 5) is 4.49. The van der Waals surface area contributed by atoms with Crippen LogP contribution in [0, 0.1) is 5.92 Å². The Balaban J connectivity index is 1.64. The summed E-state index contributed by atoms with van der Waals surface area (Å²) in [5, 5.41) is 5.04. The van der Waals surface area contributed by atoms with E-state index in [1.807, 2.05) is 42.5 Å². The first-order chi connectivity index (χ1) is 12.7. The number of para-hydroxylation sites is 1. The molecule has 1 heterocycles. The van der Waals surface area contributed by atoms with Gasteiger partial charge in [0.05, 0.1) is 30.1 Å². The molecule has 0 fully saturated rings. The number of methoxy groups -OCH3 is 1. The second-order valence-corrected chi connectivity index (χ2v) is 7.33. The number of nitrogens with zero attached hydrogens (tertiary/aromatic N) is 2. The van der Waals surface area contributed by atoms with E-state index in [2.05, 4.69) is 29.4 Å². The van der Waals surface area contributed by atoms with Crippen LogP contribution >= 0.6 is 11.3 Å². The fourth-order valence-electron chi connectivity index (χ4n) is 2.37. The Morgan fingerprint density at radius 2 is 2.04 bits per heavy atom. The van der Waals surface area contributed by atoms with Crippen molar-refractivity contribution in [3.8, 4) is 11.5 Å². The summed E-state index contributed by atoms with van der Waals surface area (Å²) in [5.41, 5.74) is 4.88. The van der Waals surface area contributed by atoms with Crippen molar-refractivity contribution in [2.75, 3.05) is 19.1 Å². The van der Waals surface area contributed by atoms with Crippen molar-refractivity contribution < 1.29 is 9.47 Å². The van der Waals surface area contributed by atoms with Crippen LogP contribution in [0.15, 0.2) is 47.6 Å². The molecule has 1 aromatic heterocycles. The topological polar surface area (TPSA) is 55.7 Å². The van der Waals surface area contributed by atoms with Gasteiger partial charge in [-0.2, -0.15) is 5.10 Å². The first kappa shape index (κ1) is 18.2. The summed E-state index contributed by atoms with van der Waals surface area (Å²) in [6.07, 6.45) is 2.75. The summed E-state index contributed by atoms with van der Waals surface area (Å²) in [6, 6.07) is 13.8. The first-order valence-electron chi connectivity index (χ1n) is 8.61. The van der Waals surface area contributed by atoms with Gasteiger partial charge in [0.25, 0.3) is 0 Å². The van der Waals surface area contributed by atoms with E-state index in [1.54, 1.807) is 24.7 Å². The number of anilines is 1. The van der Waals surface area contributed by atoms with Crippen molar-refractivity contribution in [3.05, 3.63) is 48.0 Å². The number of aromatic nitrogens is 1. The lowest BCUT2D eigenvalue weighted by Crippen LogP contribution is -2.03. The van der Waals surface area contributed by atoms with Crippen LogP contribution in [0.2, 0.25) is 0 Å². The van der Waals surface area contributed by atoms with Gasteiger partial charge in [-0.3, -0.25) is 5.43 Å². The van der Waals surface area contributed by atoms with Crippen LogP contribution in [-0.2, 0) is 0 Å². The highest BCUT2D eigenvalue weighted by Gasteiger charge is 2.06. The molecule has 5 nitrogen and oxygen atoms in total. The van der Waals surface area contributed by atoms with Gasteiger partial charge in [0, 0.05) is 0 Å². The number of hydrogen-bond donors (Lipinski definition) is 1. The lowest BCUT2D eigenvalue weighted by Gasteiger charge is -2.12. The van der Waals surface area contributed by atoms with E-state index in [9.17, 15) is 0 Å². The van der Waals surface area contributed by atoms with Crippen LogP contribution in [0.25, 0.3) is 10.2 Å². The fourth-order valence-corrected chi connectivity index (χ4v) is 3.19. The highest BCUT2D eigenvalue weighted by Crippen LogP contribution is 2.28. The Hall–Kier alpha value is -2.60. The minimum atomic E-state index is 0.612. The Kier molecular flexibility index (Phi) is 6.07. The molecular weight excluding hydrogens is 346 g/mol. The number of rotatable bonds is 8. The molecule has 0 bridgehead atoms. The van der Waals surface area contributed by atoms with E-state index in [1.165, 1.54) is 0 Å². The van der Waals surface area contributed by atoms with Crippen molar-refractivity contribution in [1.29, 1.82) is 0 Å². The molecule has 0 unspecified atom stereocenters. The molecular formula is C20H23N3O2S.